The molecule has 0 aromatic heterocycles. The lowest BCUT2D eigenvalue weighted by molar-refractivity contribution is -0.221. The van der Waals surface area contributed by atoms with Crippen LogP contribution in [0.25, 0.3) is 0 Å². The predicted molar refractivity (Wildman–Crippen MR) is 208 cm³/mol. The van der Waals surface area contributed by atoms with E-state index in [0.717, 1.165) is 58.3 Å². The minimum absolute atomic E-state index is 0.0934. The predicted octanol–water partition coefficient (Wildman–Crippen LogP) is 8.84. The monoisotopic (exact) mass is 723 g/mol. The van der Waals surface area contributed by atoms with Gasteiger partial charge in [0.15, 0.2) is 0 Å². The van der Waals surface area contributed by atoms with Crippen molar-refractivity contribution in [3.63, 3.8) is 0 Å². The van der Waals surface area contributed by atoms with Crippen LogP contribution in [0.15, 0.2) is 35.5 Å². The normalized spacial score (nSPS) is 44.3. The van der Waals surface area contributed by atoms with Crippen molar-refractivity contribution in [1.29, 1.82) is 0 Å². The third-order valence-electron chi connectivity index (χ3n) is 17.8. The third-order valence-corrected chi connectivity index (χ3v) is 19.5. The summed E-state index contributed by atoms with van der Waals surface area (Å²) in [6, 6.07) is 0. The van der Waals surface area contributed by atoms with Gasteiger partial charge in [0.1, 0.15) is 9.84 Å². The molecule has 10 atom stereocenters. The molecule has 0 radical (unpaired) electrons. The summed E-state index contributed by atoms with van der Waals surface area (Å²) in [5.41, 5.74) is 5.50. The zero-order valence-electron chi connectivity index (χ0n) is 33.2. The summed E-state index contributed by atoms with van der Waals surface area (Å²) in [5.74, 6) is 2.40. The Hall–Kier alpha value is -1.44. The Morgan fingerprint density at radius 1 is 0.922 bits per heavy atom. The van der Waals surface area contributed by atoms with E-state index in [1.54, 1.807) is 0 Å². The van der Waals surface area contributed by atoms with Gasteiger partial charge in [-0.2, -0.15) is 0 Å². The van der Waals surface area contributed by atoms with Crippen molar-refractivity contribution in [3.05, 3.63) is 35.5 Å². The molecule has 0 aromatic rings. The van der Waals surface area contributed by atoms with Crippen molar-refractivity contribution in [3.8, 4) is 0 Å². The summed E-state index contributed by atoms with van der Waals surface area (Å²) in [6.07, 6.45) is 21.7. The molecule has 286 valence electrons. The summed E-state index contributed by atoms with van der Waals surface area (Å²) in [7, 11) is -2.94. The standard InChI is InChI=1S/C44H70N2O4S/c1-29(2)33-15-22-44(45-25-28-46-26-18-32(19-27-46)51(8,49)50)24-23-42(6)35(38(33)44)13-14-37-41(5)20-16-34(30-9-11-31(12-10-30)39(47)48)40(3,4)36(41)17-21-43(37,42)7/h9,16,31-33,35-38,45H,1,10-15,17-28H2,2-8H3,(H,47,48)/t31?,33-,35?,36?,37?,38+,41?,42+,43?,44?/m0/s1. The van der Waals surface area contributed by atoms with E-state index < -0.39 is 15.8 Å². The van der Waals surface area contributed by atoms with Crippen LogP contribution >= 0.6 is 0 Å². The highest BCUT2D eigenvalue weighted by molar-refractivity contribution is 7.91. The number of carboxylic acids is 1. The lowest BCUT2D eigenvalue weighted by Crippen LogP contribution is -2.68. The number of carbonyl (C=O) groups is 1. The van der Waals surface area contributed by atoms with Gasteiger partial charge >= 0.3 is 5.97 Å². The van der Waals surface area contributed by atoms with Crippen LogP contribution in [0, 0.1) is 57.2 Å². The van der Waals surface area contributed by atoms with Crippen LogP contribution in [0.2, 0.25) is 0 Å². The maximum atomic E-state index is 12.1. The second-order valence-electron chi connectivity index (χ2n) is 20.2. The number of hydrogen-bond donors (Lipinski definition) is 2. The molecule has 7 unspecified atom stereocenters. The largest absolute Gasteiger partial charge is 0.481 e. The van der Waals surface area contributed by atoms with E-state index >= 15 is 0 Å². The fraction of sp³-hybridized carbons (Fsp3) is 0.841. The van der Waals surface area contributed by atoms with E-state index in [4.69, 9.17) is 0 Å². The fourth-order valence-electron chi connectivity index (χ4n) is 14.9. The van der Waals surface area contributed by atoms with Crippen LogP contribution in [0.1, 0.15) is 131 Å². The van der Waals surface area contributed by atoms with Crippen LogP contribution < -0.4 is 5.32 Å². The molecule has 1 heterocycles. The fourth-order valence-corrected chi connectivity index (χ4v) is 16.0. The summed E-state index contributed by atoms with van der Waals surface area (Å²) in [4.78, 5) is 14.2. The first-order valence-corrected chi connectivity index (χ1v) is 22.8. The number of sulfone groups is 1. The Morgan fingerprint density at radius 2 is 1.65 bits per heavy atom. The average molecular weight is 723 g/mol. The molecule has 1 aliphatic heterocycles. The molecule has 7 aliphatic rings. The SMILES string of the molecule is C=C(C)[C@@H]1CCC2(NCCN3CCC(S(C)(=O)=O)CC3)CC[C@]3(C)C(CCC4C5(C)CC=C(C6=CCC(C(=O)O)CC6)C(C)(C)C5CCC43C)[C@@H]12. The number of piperidine rings is 1. The van der Waals surface area contributed by atoms with Gasteiger partial charge in [-0.1, -0.05) is 58.9 Å². The Morgan fingerprint density at radius 3 is 2.27 bits per heavy atom. The first-order valence-electron chi connectivity index (χ1n) is 20.8. The summed E-state index contributed by atoms with van der Waals surface area (Å²) >= 11 is 0. The Bertz CT molecular complexity index is 1570. The lowest BCUT2D eigenvalue weighted by atomic mass is 9.33. The number of nitrogens with one attached hydrogen (secondary N) is 1. The molecule has 2 N–H and O–H groups in total. The van der Waals surface area contributed by atoms with Crippen molar-refractivity contribution < 1.29 is 18.3 Å². The number of fused-ring (bicyclic) bond motifs is 7. The maximum Gasteiger partial charge on any atom is 0.306 e. The van der Waals surface area contributed by atoms with Crippen LogP contribution in [0.4, 0.5) is 0 Å². The van der Waals surface area contributed by atoms with Crippen molar-refractivity contribution in [2.24, 2.45) is 57.2 Å². The van der Waals surface area contributed by atoms with Crippen molar-refractivity contribution in [2.75, 3.05) is 32.4 Å². The Balaban J connectivity index is 1.11. The van der Waals surface area contributed by atoms with Crippen LogP contribution in [-0.4, -0.2) is 67.6 Å². The van der Waals surface area contributed by atoms with Gasteiger partial charge in [-0.15, -0.1) is 0 Å². The van der Waals surface area contributed by atoms with Crippen LogP contribution in [0.5, 0.6) is 0 Å². The van der Waals surface area contributed by atoms with Crippen LogP contribution in [0.3, 0.4) is 0 Å². The second-order valence-corrected chi connectivity index (χ2v) is 22.5. The number of aliphatic carboxylic acids is 1. The van der Waals surface area contributed by atoms with E-state index in [1.807, 2.05) is 0 Å². The van der Waals surface area contributed by atoms with E-state index in [0.29, 0.717) is 46.8 Å². The van der Waals surface area contributed by atoms with Gasteiger partial charge in [-0.3, -0.25) is 4.79 Å². The number of allylic oxidation sites excluding steroid dienone is 5. The number of hydrogen-bond acceptors (Lipinski definition) is 5. The zero-order valence-corrected chi connectivity index (χ0v) is 34.0. The molecule has 1 saturated heterocycles. The highest BCUT2D eigenvalue weighted by Crippen LogP contribution is 2.76. The molecule has 0 bridgehead atoms. The Kier molecular flexibility index (Phi) is 9.73. The maximum absolute atomic E-state index is 12.1. The van der Waals surface area contributed by atoms with E-state index in [2.05, 4.69) is 70.5 Å². The molecule has 7 rings (SSSR count). The van der Waals surface area contributed by atoms with Gasteiger partial charge in [0.25, 0.3) is 0 Å². The third kappa shape index (κ3) is 5.99. The molecule has 0 aromatic carbocycles. The molecule has 6 aliphatic carbocycles. The molecule has 0 amide bonds. The Labute approximate surface area is 310 Å². The summed E-state index contributed by atoms with van der Waals surface area (Å²) in [6.45, 7) is 23.9. The molecular formula is C44H70N2O4S. The smallest absolute Gasteiger partial charge is 0.306 e. The summed E-state index contributed by atoms with van der Waals surface area (Å²) in [5, 5.41) is 13.7. The van der Waals surface area contributed by atoms with E-state index in [-0.39, 0.29) is 27.5 Å². The molecule has 7 heteroatoms. The molecule has 0 spiro atoms. The van der Waals surface area contributed by atoms with E-state index in [1.165, 1.54) is 74.3 Å². The van der Waals surface area contributed by atoms with Crippen molar-refractivity contribution in [1.82, 2.24) is 10.2 Å². The highest BCUT2D eigenvalue weighted by Gasteiger charge is 2.70. The first kappa shape index (κ1) is 37.9. The average Bonchev–Trinajstić information content (AvgIpc) is 3.45. The van der Waals surface area contributed by atoms with Gasteiger partial charge in [0, 0.05) is 24.9 Å². The quantitative estimate of drug-likeness (QED) is 0.244. The molecule has 6 nitrogen and oxygen atoms in total. The van der Waals surface area contributed by atoms with Crippen molar-refractivity contribution >= 4 is 15.8 Å². The van der Waals surface area contributed by atoms with Gasteiger partial charge < -0.3 is 15.3 Å². The van der Waals surface area contributed by atoms with Gasteiger partial charge in [0.05, 0.1) is 11.2 Å². The first-order chi connectivity index (χ1) is 23.9. The molecule has 51 heavy (non-hydrogen) atoms. The highest BCUT2D eigenvalue weighted by atomic mass is 32.2. The number of likely N-dealkylation sites (tertiary alicyclic amines) is 1. The number of nitrogens with zero attached hydrogens (tertiary/aromatic N) is 1. The van der Waals surface area contributed by atoms with E-state index in [9.17, 15) is 18.3 Å². The molecule has 5 fully saturated rings. The van der Waals surface area contributed by atoms with Gasteiger partial charge in [0.2, 0.25) is 0 Å². The zero-order chi connectivity index (χ0) is 36.8. The minimum atomic E-state index is -2.94. The molecule has 4 saturated carbocycles. The molecular weight excluding hydrogens is 653 g/mol. The lowest BCUT2D eigenvalue weighted by Gasteiger charge is -2.72. The second kappa shape index (κ2) is 13.1. The minimum Gasteiger partial charge on any atom is -0.481 e. The topological polar surface area (TPSA) is 86.7 Å². The summed E-state index contributed by atoms with van der Waals surface area (Å²) < 4.78 is 24.3. The number of carboxylic acid groups (broad SMARTS) is 1. The van der Waals surface area contributed by atoms with Gasteiger partial charge in [-0.25, -0.2) is 8.42 Å². The van der Waals surface area contributed by atoms with Crippen molar-refractivity contribution in [2.45, 2.75) is 142 Å². The van der Waals surface area contributed by atoms with Gasteiger partial charge in [-0.05, 0) is 172 Å². The van der Waals surface area contributed by atoms with Crippen LogP contribution in [-0.2, 0) is 14.6 Å². The number of rotatable bonds is 8.